The molecule has 1 N–H and O–H groups in total. The molecule has 0 fully saturated rings. The van der Waals surface area contributed by atoms with Gasteiger partial charge in [0, 0.05) is 5.39 Å². The molecule has 0 heterocycles. The molecule has 2 rings (SSSR count). The number of hydrogen-bond donors (Lipinski definition) is 1. The number of benzene rings is 2. The van der Waals surface area contributed by atoms with Crippen LogP contribution in [0.3, 0.4) is 0 Å². The Balaban J connectivity index is 3.03. The van der Waals surface area contributed by atoms with Gasteiger partial charge in [0.2, 0.25) is 0 Å². The minimum absolute atomic E-state index is 0.165. The van der Waals surface area contributed by atoms with Crippen LogP contribution in [0.15, 0.2) is 24.3 Å². The van der Waals surface area contributed by atoms with Crippen molar-refractivity contribution in [2.75, 3.05) is 0 Å². The number of hydrogen-bond acceptors (Lipinski definition) is 1. The molecule has 72 valence electrons. The Labute approximate surface area is 91.9 Å². The number of rotatable bonds is 0. The average Bonchev–Trinajstić information content (AvgIpc) is 2.14. The van der Waals surface area contributed by atoms with E-state index >= 15 is 0 Å². The highest BCUT2D eigenvalue weighted by atomic mass is 35.5. The van der Waals surface area contributed by atoms with Crippen LogP contribution in [-0.4, -0.2) is 5.11 Å². The third-order valence-corrected chi connectivity index (χ3v) is 3.03. The van der Waals surface area contributed by atoms with E-state index in [0.717, 1.165) is 10.9 Å². The summed E-state index contributed by atoms with van der Waals surface area (Å²) in [7, 11) is 0. The fraction of sp³-hybridized carbons (Fsp3) is 0.0909. The Morgan fingerprint density at radius 2 is 1.93 bits per heavy atom. The summed E-state index contributed by atoms with van der Waals surface area (Å²) in [6.07, 6.45) is 0. The van der Waals surface area contributed by atoms with Gasteiger partial charge in [0.05, 0.1) is 10.0 Å². The Morgan fingerprint density at radius 1 is 1.21 bits per heavy atom. The number of fused-ring (bicyclic) bond motifs is 1. The summed E-state index contributed by atoms with van der Waals surface area (Å²) in [5.41, 5.74) is 1.00. The van der Waals surface area contributed by atoms with Crippen molar-refractivity contribution >= 4 is 34.0 Å². The number of phenols is 1. The monoisotopic (exact) mass is 226 g/mol. The van der Waals surface area contributed by atoms with Crippen molar-refractivity contribution in [3.63, 3.8) is 0 Å². The average molecular weight is 227 g/mol. The first-order chi connectivity index (χ1) is 6.61. The van der Waals surface area contributed by atoms with Gasteiger partial charge in [-0.1, -0.05) is 35.3 Å². The van der Waals surface area contributed by atoms with Gasteiger partial charge < -0.3 is 5.11 Å². The lowest BCUT2D eigenvalue weighted by Gasteiger charge is -2.07. The normalized spacial score (nSPS) is 10.8. The van der Waals surface area contributed by atoms with Crippen molar-refractivity contribution in [3.05, 3.63) is 39.9 Å². The van der Waals surface area contributed by atoms with E-state index < -0.39 is 0 Å². The first-order valence-electron chi connectivity index (χ1n) is 4.17. The van der Waals surface area contributed by atoms with Crippen LogP contribution in [0.4, 0.5) is 0 Å². The summed E-state index contributed by atoms with van der Waals surface area (Å²) in [5.74, 6) is 0.165. The van der Waals surface area contributed by atoms with Crippen LogP contribution in [0.5, 0.6) is 5.75 Å². The van der Waals surface area contributed by atoms with E-state index in [1.165, 1.54) is 0 Å². The third-order valence-electron chi connectivity index (χ3n) is 2.24. The molecule has 0 saturated carbocycles. The molecule has 0 aromatic heterocycles. The molecule has 14 heavy (non-hydrogen) atoms. The molecule has 0 aliphatic rings. The molecule has 0 aliphatic carbocycles. The third kappa shape index (κ3) is 1.33. The lowest BCUT2D eigenvalue weighted by Crippen LogP contribution is -1.82. The molecule has 0 unspecified atom stereocenters. The highest BCUT2D eigenvalue weighted by molar-refractivity contribution is 6.45. The highest BCUT2D eigenvalue weighted by Crippen LogP contribution is 2.37. The van der Waals surface area contributed by atoms with Crippen LogP contribution in [0.2, 0.25) is 10.0 Å². The van der Waals surface area contributed by atoms with Gasteiger partial charge in [-0.2, -0.15) is 0 Å². The molecular weight excluding hydrogens is 219 g/mol. The maximum absolute atomic E-state index is 9.66. The van der Waals surface area contributed by atoms with Crippen molar-refractivity contribution in [2.45, 2.75) is 6.92 Å². The van der Waals surface area contributed by atoms with Gasteiger partial charge in [0.1, 0.15) is 5.75 Å². The fourth-order valence-corrected chi connectivity index (χ4v) is 2.06. The van der Waals surface area contributed by atoms with Gasteiger partial charge in [0.25, 0.3) is 0 Å². The minimum atomic E-state index is 0.165. The molecule has 3 heteroatoms. The Bertz CT molecular complexity index is 506. The highest BCUT2D eigenvalue weighted by Gasteiger charge is 2.09. The van der Waals surface area contributed by atoms with E-state index in [0.29, 0.717) is 15.4 Å². The molecule has 1 nitrogen and oxygen atoms in total. The lowest BCUT2D eigenvalue weighted by molar-refractivity contribution is 0.481. The Hall–Kier alpha value is -0.920. The second-order valence-electron chi connectivity index (χ2n) is 3.19. The fourth-order valence-electron chi connectivity index (χ4n) is 1.55. The van der Waals surface area contributed by atoms with Gasteiger partial charge in [0.15, 0.2) is 0 Å². The maximum atomic E-state index is 9.66. The topological polar surface area (TPSA) is 20.2 Å². The van der Waals surface area contributed by atoms with Crippen LogP contribution < -0.4 is 0 Å². The SMILES string of the molecule is Cc1cc(Cl)c(Cl)c2c(O)cccc12. The molecule has 0 spiro atoms. The van der Waals surface area contributed by atoms with Crippen LogP contribution >= 0.6 is 23.2 Å². The lowest BCUT2D eigenvalue weighted by atomic mass is 10.0. The molecule has 0 atom stereocenters. The number of halogens is 2. The smallest absolute Gasteiger partial charge is 0.124 e. The standard InChI is InChI=1S/C11H8Cl2O/c1-6-5-8(12)11(13)10-7(6)3-2-4-9(10)14/h2-5,14H,1H3. The van der Waals surface area contributed by atoms with Crippen molar-refractivity contribution in [1.29, 1.82) is 0 Å². The van der Waals surface area contributed by atoms with Gasteiger partial charge in [-0.3, -0.25) is 0 Å². The van der Waals surface area contributed by atoms with Crippen molar-refractivity contribution in [3.8, 4) is 5.75 Å². The van der Waals surface area contributed by atoms with E-state index in [1.54, 1.807) is 18.2 Å². The number of aromatic hydroxyl groups is 1. The zero-order chi connectivity index (χ0) is 10.3. The van der Waals surface area contributed by atoms with Crippen LogP contribution in [-0.2, 0) is 0 Å². The zero-order valence-electron chi connectivity index (χ0n) is 7.51. The predicted octanol–water partition coefficient (Wildman–Crippen LogP) is 4.16. The molecule has 0 aliphatic heterocycles. The molecule has 2 aromatic carbocycles. The van der Waals surface area contributed by atoms with Crippen molar-refractivity contribution in [2.24, 2.45) is 0 Å². The summed E-state index contributed by atoms with van der Waals surface area (Å²) >= 11 is 11.9. The van der Waals surface area contributed by atoms with E-state index in [9.17, 15) is 5.11 Å². The van der Waals surface area contributed by atoms with Gasteiger partial charge in [-0.05, 0) is 30.0 Å². The molecular formula is C11H8Cl2O. The molecule has 0 radical (unpaired) electrons. The van der Waals surface area contributed by atoms with Gasteiger partial charge in [-0.25, -0.2) is 0 Å². The zero-order valence-corrected chi connectivity index (χ0v) is 9.02. The Kier molecular flexibility index (Phi) is 2.30. The quantitative estimate of drug-likeness (QED) is 0.716. The summed E-state index contributed by atoms with van der Waals surface area (Å²) in [6, 6.07) is 7.09. The molecule has 0 amide bonds. The van der Waals surface area contributed by atoms with Crippen LogP contribution in [0.1, 0.15) is 5.56 Å². The van der Waals surface area contributed by atoms with E-state index in [4.69, 9.17) is 23.2 Å². The molecule has 0 bridgehead atoms. The summed E-state index contributed by atoms with van der Waals surface area (Å²) in [5, 5.41) is 12.1. The van der Waals surface area contributed by atoms with Crippen LogP contribution in [0.25, 0.3) is 10.8 Å². The summed E-state index contributed by atoms with van der Waals surface area (Å²) in [4.78, 5) is 0. The minimum Gasteiger partial charge on any atom is -0.507 e. The molecule has 0 saturated heterocycles. The van der Waals surface area contributed by atoms with E-state index in [-0.39, 0.29) is 5.75 Å². The summed E-state index contributed by atoms with van der Waals surface area (Å²) < 4.78 is 0. The van der Waals surface area contributed by atoms with E-state index in [2.05, 4.69) is 0 Å². The predicted molar refractivity (Wildman–Crippen MR) is 60.4 cm³/mol. The summed E-state index contributed by atoms with van der Waals surface area (Å²) in [6.45, 7) is 1.93. The number of phenolic OH excluding ortho intramolecular Hbond substituents is 1. The van der Waals surface area contributed by atoms with Gasteiger partial charge >= 0.3 is 0 Å². The largest absolute Gasteiger partial charge is 0.507 e. The maximum Gasteiger partial charge on any atom is 0.124 e. The van der Waals surface area contributed by atoms with Gasteiger partial charge in [-0.15, -0.1) is 0 Å². The second-order valence-corrected chi connectivity index (χ2v) is 3.97. The van der Waals surface area contributed by atoms with E-state index in [1.807, 2.05) is 13.0 Å². The second kappa shape index (κ2) is 3.34. The Morgan fingerprint density at radius 3 is 2.64 bits per heavy atom. The molecule has 2 aromatic rings. The van der Waals surface area contributed by atoms with Crippen LogP contribution in [0, 0.1) is 6.92 Å². The first-order valence-corrected chi connectivity index (χ1v) is 4.93. The first kappa shape index (κ1) is 9.63. The van der Waals surface area contributed by atoms with Crippen molar-refractivity contribution in [1.82, 2.24) is 0 Å². The number of aryl methyl sites for hydroxylation is 1. The van der Waals surface area contributed by atoms with Crippen molar-refractivity contribution < 1.29 is 5.11 Å².